The second kappa shape index (κ2) is 5.58. The third-order valence-corrected chi connectivity index (χ3v) is 3.22. The summed E-state index contributed by atoms with van der Waals surface area (Å²) in [6.45, 7) is 3.59. The number of halogens is 1. The Morgan fingerprint density at radius 2 is 2.00 bits per heavy atom. The lowest BCUT2D eigenvalue weighted by Crippen LogP contribution is -2.24. The van der Waals surface area contributed by atoms with E-state index in [2.05, 4.69) is 25.8 Å². The SMILES string of the molecule is COC(=O)c1nn(-c2cc(C)cc(Br)c2)cc(C)c1=O. The van der Waals surface area contributed by atoms with Crippen molar-refractivity contribution in [3.8, 4) is 5.69 Å². The largest absolute Gasteiger partial charge is 0.464 e. The van der Waals surface area contributed by atoms with Gasteiger partial charge < -0.3 is 4.74 Å². The standard InChI is InChI=1S/C14H13BrN2O3/c1-8-4-10(15)6-11(5-8)17-7-9(2)13(18)12(16-17)14(19)20-3/h4-7H,1-3H3. The van der Waals surface area contributed by atoms with E-state index in [0.29, 0.717) is 5.56 Å². The Bertz CT molecular complexity index is 717. The van der Waals surface area contributed by atoms with E-state index in [0.717, 1.165) is 15.7 Å². The number of hydrogen-bond donors (Lipinski definition) is 0. The second-order valence-electron chi connectivity index (χ2n) is 4.41. The highest BCUT2D eigenvalue weighted by atomic mass is 79.9. The molecule has 0 radical (unpaired) electrons. The number of methoxy groups -OCH3 is 1. The van der Waals surface area contributed by atoms with Gasteiger partial charge in [0.15, 0.2) is 0 Å². The molecule has 5 nitrogen and oxygen atoms in total. The minimum absolute atomic E-state index is 0.217. The zero-order chi connectivity index (χ0) is 14.9. The summed E-state index contributed by atoms with van der Waals surface area (Å²) >= 11 is 3.41. The average molecular weight is 337 g/mol. The van der Waals surface area contributed by atoms with Crippen molar-refractivity contribution in [1.29, 1.82) is 0 Å². The van der Waals surface area contributed by atoms with Crippen LogP contribution in [0, 0.1) is 13.8 Å². The van der Waals surface area contributed by atoms with Crippen molar-refractivity contribution in [2.75, 3.05) is 7.11 Å². The molecule has 2 aromatic rings. The molecule has 0 atom stereocenters. The number of esters is 1. The van der Waals surface area contributed by atoms with Crippen LogP contribution in [0.5, 0.6) is 0 Å². The fourth-order valence-electron chi connectivity index (χ4n) is 1.82. The molecule has 0 N–H and O–H groups in total. The second-order valence-corrected chi connectivity index (χ2v) is 5.33. The predicted molar refractivity (Wildman–Crippen MR) is 78.3 cm³/mol. The quantitative estimate of drug-likeness (QED) is 0.790. The van der Waals surface area contributed by atoms with Crippen molar-refractivity contribution in [1.82, 2.24) is 9.78 Å². The Hall–Kier alpha value is -1.95. The lowest BCUT2D eigenvalue weighted by atomic mass is 10.2. The molecule has 0 aliphatic carbocycles. The van der Waals surface area contributed by atoms with Gasteiger partial charge >= 0.3 is 5.97 Å². The number of carbonyl (C=O) groups is 1. The molecule has 0 spiro atoms. The molecule has 0 bridgehead atoms. The van der Waals surface area contributed by atoms with Crippen LogP contribution >= 0.6 is 15.9 Å². The number of ether oxygens (including phenoxy) is 1. The Kier molecular flexibility index (Phi) is 4.04. The van der Waals surface area contributed by atoms with E-state index >= 15 is 0 Å². The van der Waals surface area contributed by atoms with Gasteiger partial charge in [0, 0.05) is 16.2 Å². The van der Waals surface area contributed by atoms with Crippen LogP contribution in [0.25, 0.3) is 5.69 Å². The molecule has 0 amide bonds. The van der Waals surface area contributed by atoms with Crippen molar-refractivity contribution in [2.45, 2.75) is 13.8 Å². The molecule has 1 aromatic carbocycles. The Morgan fingerprint density at radius 3 is 2.60 bits per heavy atom. The number of benzene rings is 1. The Balaban J connectivity index is 2.66. The van der Waals surface area contributed by atoms with Crippen LogP contribution in [0.3, 0.4) is 0 Å². The van der Waals surface area contributed by atoms with Crippen LogP contribution in [-0.2, 0) is 4.74 Å². The third kappa shape index (κ3) is 2.80. The molecular weight excluding hydrogens is 324 g/mol. The van der Waals surface area contributed by atoms with E-state index in [1.165, 1.54) is 11.8 Å². The van der Waals surface area contributed by atoms with E-state index < -0.39 is 11.4 Å². The number of carbonyl (C=O) groups excluding carboxylic acids is 1. The lowest BCUT2D eigenvalue weighted by Gasteiger charge is -2.09. The van der Waals surface area contributed by atoms with E-state index in [1.54, 1.807) is 13.1 Å². The maximum absolute atomic E-state index is 11.9. The normalized spacial score (nSPS) is 10.4. The predicted octanol–water partition coefficient (Wildman–Crippen LogP) is 2.40. The molecule has 0 fully saturated rings. The fraction of sp³-hybridized carbons (Fsp3) is 0.214. The van der Waals surface area contributed by atoms with Gasteiger partial charge in [-0.15, -0.1) is 0 Å². The maximum Gasteiger partial charge on any atom is 0.362 e. The molecule has 1 heterocycles. The van der Waals surface area contributed by atoms with Gasteiger partial charge in [0.2, 0.25) is 11.1 Å². The number of hydrogen-bond acceptors (Lipinski definition) is 4. The van der Waals surface area contributed by atoms with Crippen molar-refractivity contribution >= 4 is 21.9 Å². The van der Waals surface area contributed by atoms with Crippen LogP contribution in [0.1, 0.15) is 21.6 Å². The van der Waals surface area contributed by atoms with E-state index in [-0.39, 0.29) is 5.69 Å². The van der Waals surface area contributed by atoms with Crippen LogP contribution in [0.4, 0.5) is 0 Å². The summed E-state index contributed by atoms with van der Waals surface area (Å²) in [6.07, 6.45) is 1.59. The van der Waals surface area contributed by atoms with Gasteiger partial charge in [0.1, 0.15) is 0 Å². The van der Waals surface area contributed by atoms with Crippen molar-refractivity contribution in [3.63, 3.8) is 0 Å². The van der Waals surface area contributed by atoms with Crippen LogP contribution in [0.15, 0.2) is 33.7 Å². The first kappa shape index (κ1) is 14.5. The summed E-state index contributed by atoms with van der Waals surface area (Å²) in [4.78, 5) is 23.5. The van der Waals surface area contributed by atoms with Gasteiger partial charge in [0.05, 0.1) is 12.8 Å². The topological polar surface area (TPSA) is 61.2 Å². The molecule has 20 heavy (non-hydrogen) atoms. The molecule has 6 heteroatoms. The molecule has 2 rings (SSSR count). The van der Waals surface area contributed by atoms with Gasteiger partial charge in [-0.3, -0.25) is 4.79 Å². The van der Waals surface area contributed by atoms with E-state index in [4.69, 9.17) is 0 Å². The van der Waals surface area contributed by atoms with Gasteiger partial charge in [-0.1, -0.05) is 15.9 Å². The molecule has 0 aliphatic rings. The van der Waals surface area contributed by atoms with Gasteiger partial charge in [-0.25, -0.2) is 9.48 Å². The molecular formula is C14H13BrN2O3. The first-order valence-corrected chi connectivity index (χ1v) is 6.68. The van der Waals surface area contributed by atoms with Gasteiger partial charge in [0.25, 0.3) is 0 Å². The third-order valence-electron chi connectivity index (χ3n) is 2.77. The number of aromatic nitrogens is 2. The first-order valence-electron chi connectivity index (χ1n) is 5.89. The molecule has 0 aliphatic heterocycles. The summed E-state index contributed by atoms with van der Waals surface area (Å²) in [5.41, 5.74) is 1.58. The molecule has 0 unspecified atom stereocenters. The smallest absolute Gasteiger partial charge is 0.362 e. The lowest BCUT2D eigenvalue weighted by molar-refractivity contribution is 0.0590. The highest BCUT2D eigenvalue weighted by molar-refractivity contribution is 9.10. The van der Waals surface area contributed by atoms with Crippen LogP contribution < -0.4 is 5.43 Å². The summed E-state index contributed by atoms with van der Waals surface area (Å²) < 4.78 is 6.98. The average Bonchev–Trinajstić information content (AvgIpc) is 2.39. The van der Waals surface area contributed by atoms with Gasteiger partial charge in [-0.2, -0.15) is 5.10 Å². The zero-order valence-corrected chi connectivity index (χ0v) is 12.9. The highest BCUT2D eigenvalue weighted by Crippen LogP contribution is 2.18. The summed E-state index contributed by atoms with van der Waals surface area (Å²) in [6, 6.07) is 5.72. The number of aryl methyl sites for hydroxylation is 2. The molecule has 0 saturated carbocycles. The highest BCUT2D eigenvalue weighted by Gasteiger charge is 2.16. The van der Waals surface area contributed by atoms with Crippen molar-refractivity contribution < 1.29 is 9.53 Å². The fourth-order valence-corrected chi connectivity index (χ4v) is 2.42. The van der Waals surface area contributed by atoms with Gasteiger partial charge in [-0.05, 0) is 37.6 Å². The zero-order valence-electron chi connectivity index (χ0n) is 11.3. The Labute approximate surface area is 124 Å². The van der Waals surface area contributed by atoms with Crippen molar-refractivity contribution in [2.24, 2.45) is 0 Å². The number of rotatable bonds is 2. The minimum atomic E-state index is -0.737. The van der Waals surface area contributed by atoms with E-state index in [9.17, 15) is 9.59 Å². The summed E-state index contributed by atoms with van der Waals surface area (Å²) in [7, 11) is 1.22. The summed E-state index contributed by atoms with van der Waals surface area (Å²) in [5.74, 6) is -0.737. The van der Waals surface area contributed by atoms with E-state index in [1.807, 2.05) is 25.1 Å². The molecule has 104 valence electrons. The minimum Gasteiger partial charge on any atom is -0.464 e. The first-order chi connectivity index (χ1) is 9.42. The summed E-state index contributed by atoms with van der Waals surface area (Å²) in [5, 5.41) is 4.07. The molecule has 1 aromatic heterocycles. The molecule has 0 saturated heterocycles. The van der Waals surface area contributed by atoms with Crippen LogP contribution in [-0.4, -0.2) is 22.9 Å². The Morgan fingerprint density at radius 1 is 1.30 bits per heavy atom. The number of nitrogens with zero attached hydrogens (tertiary/aromatic N) is 2. The monoisotopic (exact) mass is 336 g/mol. The van der Waals surface area contributed by atoms with Crippen LogP contribution in [0.2, 0.25) is 0 Å². The maximum atomic E-state index is 11.9. The van der Waals surface area contributed by atoms with Crippen molar-refractivity contribution in [3.05, 3.63) is 55.9 Å².